The number of nitrogens with zero attached hydrogens (tertiary/aromatic N) is 2. The maximum absolute atomic E-state index is 13.5. The van der Waals surface area contributed by atoms with Crippen LogP contribution >= 0.6 is 0 Å². The zero-order chi connectivity index (χ0) is 28.8. The highest BCUT2D eigenvalue weighted by Gasteiger charge is 2.46. The maximum Gasteiger partial charge on any atom is 0.295 e. The minimum absolute atomic E-state index is 0.00976. The monoisotopic (exact) mass is 550 g/mol. The lowest BCUT2D eigenvalue weighted by molar-refractivity contribution is -0.140. The lowest BCUT2D eigenvalue weighted by Gasteiger charge is -2.26. The van der Waals surface area contributed by atoms with E-state index in [1.54, 1.807) is 68.0 Å². The fraction of sp³-hybridized carbons (Fsp3) is 0.182. The summed E-state index contributed by atoms with van der Waals surface area (Å²) in [5, 5.41) is 11.4. The number of aliphatic hydroxyl groups excluding tert-OH is 1. The van der Waals surface area contributed by atoms with Gasteiger partial charge in [-0.2, -0.15) is 0 Å². The summed E-state index contributed by atoms with van der Waals surface area (Å²) in [6.07, 6.45) is 3.29. The molecule has 1 aliphatic heterocycles. The zero-order valence-electron chi connectivity index (χ0n) is 22.8. The van der Waals surface area contributed by atoms with Gasteiger partial charge in [-0.25, -0.2) is 0 Å². The van der Waals surface area contributed by atoms with Crippen molar-refractivity contribution in [1.82, 2.24) is 9.88 Å². The van der Waals surface area contributed by atoms with Crippen LogP contribution in [0.4, 0.5) is 0 Å². The number of ether oxygens (including phenoxy) is 3. The summed E-state index contributed by atoms with van der Waals surface area (Å²) in [6.45, 7) is 2.72. The Labute approximate surface area is 238 Å². The molecule has 1 N–H and O–H groups in total. The van der Waals surface area contributed by atoms with Crippen molar-refractivity contribution in [2.75, 3.05) is 13.7 Å². The van der Waals surface area contributed by atoms with Gasteiger partial charge in [-0.1, -0.05) is 42.5 Å². The molecule has 5 rings (SSSR count). The molecule has 1 unspecified atom stereocenters. The van der Waals surface area contributed by atoms with Gasteiger partial charge >= 0.3 is 0 Å². The second kappa shape index (κ2) is 12.4. The third-order valence-corrected chi connectivity index (χ3v) is 6.80. The number of hydrogen-bond acceptors (Lipinski definition) is 7. The number of methoxy groups -OCH3 is 1. The summed E-state index contributed by atoms with van der Waals surface area (Å²) >= 11 is 0. The van der Waals surface area contributed by atoms with Crippen LogP contribution in [-0.2, 0) is 22.7 Å². The molecular formula is C33H30N2O6. The average molecular weight is 551 g/mol. The van der Waals surface area contributed by atoms with Crippen molar-refractivity contribution < 1.29 is 28.9 Å². The Morgan fingerprint density at radius 1 is 0.902 bits per heavy atom. The topological polar surface area (TPSA) is 98.2 Å². The molecule has 0 spiro atoms. The highest BCUT2D eigenvalue weighted by molar-refractivity contribution is 6.46. The van der Waals surface area contributed by atoms with Crippen LogP contribution in [-0.4, -0.2) is 40.4 Å². The number of aromatic nitrogens is 1. The highest BCUT2D eigenvalue weighted by Crippen LogP contribution is 2.43. The first-order valence-corrected chi connectivity index (χ1v) is 13.2. The van der Waals surface area contributed by atoms with E-state index in [1.807, 2.05) is 43.3 Å². The van der Waals surface area contributed by atoms with Gasteiger partial charge in [-0.05, 0) is 66.1 Å². The number of ketones is 1. The number of amides is 1. The van der Waals surface area contributed by atoms with E-state index in [-0.39, 0.29) is 17.9 Å². The first-order chi connectivity index (χ1) is 20.0. The second-order valence-corrected chi connectivity index (χ2v) is 9.43. The number of rotatable bonds is 10. The predicted molar refractivity (Wildman–Crippen MR) is 153 cm³/mol. The first-order valence-electron chi connectivity index (χ1n) is 13.2. The SMILES string of the molecule is CCOc1cc(C2C(=C(O)c3ccc(OC)cc3)C(=O)C(=O)N2Cc2cccnc2)ccc1OCc1ccccc1. The van der Waals surface area contributed by atoms with E-state index >= 15 is 0 Å². The van der Waals surface area contributed by atoms with Crippen LogP contribution in [0.15, 0.2) is 103 Å². The molecule has 1 amide bonds. The molecule has 1 aromatic heterocycles. The summed E-state index contributed by atoms with van der Waals surface area (Å²) in [4.78, 5) is 32.5. The van der Waals surface area contributed by atoms with E-state index in [0.717, 1.165) is 11.1 Å². The molecule has 0 bridgehead atoms. The molecule has 2 heterocycles. The van der Waals surface area contributed by atoms with E-state index in [0.29, 0.717) is 41.6 Å². The third kappa shape index (κ3) is 5.91. The fourth-order valence-electron chi connectivity index (χ4n) is 4.80. The number of carbonyl (C=O) groups is 2. The lowest BCUT2D eigenvalue weighted by atomic mass is 9.94. The molecule has 208 valence electrons. The van der Waals surface area contributed by atoms with Crippen molar-refractivity contribution in [2.24, 2.45) is 0 Å². The van der Waals surface area contributed by atoms with Crippen molar-refractivity contribution in [1.29, 1.82) is 0 Å². The van der Waals surface area contributed by atoms with Crippen LogP contribution < -0.4 is 14.2 Å². The lowest BCUT2D eigenvalue weighted by Crippen LogP contribution is -2.29. The van der Waals surface area contributed by atoms with E-state index in [1.165, 1.54) is 4.90 Å². The van der Waals surface area contributed by atoms with Gasteiger partial charge in [-0.3, -0.25) is 14.6 Å². The largest absolute Gasteiger partial charge is 0.507 e. The standard InChI is InChI=1S/C33H30N2O6/c1-3-40-28-18-25(13-16-27(28)41-21-22-8-5-4-6-9-22)30-29(31(36)24-11-14-26(39-2)15-12-24)32(37)33(38)35(30)20-23-10-7-17-34-19-23/h4-19,30,36H,3,20-21H2,1-2H3. The zero-order valence-corrected chi connectivity index (χ0v) is 22.8. The Morgan fingerprint density at radius 2 is 1.66 bits per heavy atom. The smallest absolute Gasteiger partial charge is 0.295 e. The quantitative estimate of drug-likeness (QED) is 0.154. The van der Waals surface area contributed by atoms with Crippen LogP contribution in [0.3, 0.4) is 0 Å². The second-order valence-electron chi connectivity index (χ2n) is 9.43. The Kier molecular flexibility index (Phi) is 8.29. The molecule has 8 nitrogen and oxygen atoms in total. The molecule has 8 heteroatoms. The molecule has 3 aromatic carbocycles. The molecule has 41 heavy (non-hydrogen) atoms. The summed E-state index contributed by atoms with van der Waals surface area (Å²) in [5.41, 5.74) is 2.73. The molecule has 1 saturated heterocycles. The number of hydrogen-bond donors (Lipinski definition) is 1. The van der Waals surface area contributed by atoms with Crippen molar-refractivity contribution in [3.8, 4) is 17.2 Å². The number of Topliss-reactive ketones (excluding diaryl/α,β-unsaturated/α-hetero) is 1. The minimum atomic E-state index is -0.875. The Morgan fingerprint density at radius 3 is 2.34 bits per heavy atom. The Hall–Kier alpha value is -5.11. The number of pyridine rings is 1. The fourth-order valence-corrected chi connectivity index (χ4v) is 4.80. The van der Waals surface area contributed by atoms with Gasteiger partial charge in [0.2, 0.25) is 0 Å². The van der Waals surface area contributed by atoms with Crippen LogP contribution in [0.25, 0.3) is 5.76 Å². The molecule has 0 saturated carbocycles. The van der Waals surface area contributed by atoms with Gasteiger partial charge in [0.05, 0.1) is 25.3 Å². The van der Waals surface area contributed by atoms with Crippen LogP contribution in [0.5, 0.6) is 17.2 Å². The van der Waals surface area contributed by atoms with E-state index in [9.17, 15) is 14.7 Å². The van der Waals surface area contributed by atoms with Gasteiger partial charge < -0.3 is 24.2 Å². The van der Waals surface area contributed by atoms with Crippen LogP contribution in [0.2, 0.25) is 0 Å². The third-order valence-electron chi connectivity index (χ3n) is 6.80. The predicted octanol–water partition coefficient (Wildman–Crippen LogP) is 5.69. The van der Waals surface area contributed by atoms with Crippen molar-refractivity contribution in [2.45, 2.75) is 26.1 Å². The molecule has 0 aliphatic carbocycles. The van der Waals surface area contributed by atoms with Crippen molar-refractivity contribution in [3.63, 3.8) is 0 Å². The highest BCUT2D eigenvalue weighted by atomic mass is 16.5. The van der Waals surface area contributed by atoms with Gasteiger partial charge in [-0.15, -0.1) is 0 Å². The number of aliphatic hydroxyl groups is 1. The van der Waals surface area contributed by atoms with Crippen LogP contribution in [0.1, 0.15) is 35.2 Å². The Bertz CT molecular complexity index is 1550. The van der Waals surface area contributed by atoms with E-state index in [4.69, 9.17) is 14.2 Å². The maximum atomic E-state index is 13.5. The van der Waals surface area contributed by atoms with Crippen molar-refractivity contribution in [3.05, 3.63) is 125 Å². The number of benzene rings is 3. The molecular weight excluding hydrogens is 520 g/mol. The minimum Gasteiger partial charge on any atom is -0.507 e. The van der Waals surface area contributed by atoms with Gasteiger partial charge in [0.15, 0.2) is 11.5 Å². The summed E-state index contributed by atoms with van der Waals surface area (Å²) in [5.74, 6) is -0.156. The molecule has 0 radical (unpaired) electrons. The van der Waals surface area contributed by atoms with Crippen LogP contribution in [0, 0.1) is 0 Å². The molecule has 4 aromatic rings. The van der Waals surface area contributed by atoms with Gasteiger partial charge in [0.25, 0.3) is 11.7 Å². The average Bonchev–Trinajstić information content (AvgIpc) is 3.26. The van der Waals surface area contributed by atoms with E-state index < -0.39 is 17.7 Å². The molecule has 1 aliphatic rings. The van der Waals surface area contributed by atoms with Crippen molar-refractivity contribution >= 4 is 17.4 Å². The normalized spacial score (nSPS) is 16.0. The van der Waals surface area contributed by atoms with Gasteiger partial charge in [0.1, 0.15) is 18.1 Å². The molecule has 1 fully saturated rings. The summed E-state index contributed by atoms with van der Waals surface area (Å²) in [7, 11) is 1.54. The van der Waals surface area contributed by atoms with Gasteiger partial charge in [0, 0.05) is 24.5 Å². The summed E-state index contributed by atoms with van der Waals surface area (Å²) < 4.78 is 17.2. The Balaban J connectivity index is 1.58. The van der Waals surface area contributed by atoms with E-state index in [2.05, 4.69) is 4.98 Å². The first kappa shape index (κ1) is 27.5. The number of likely N-dealkylation sites (tertiary alicyclic amines) is 1. The molecule has 1 atom stereocenters. The number of carbonyl (C=O) groups excluding carboxylic acids is 2. The summed E-state index contributed by atoms with van der Waals surface area (Å²) in [6, 6.07) is 24.5.